The third-order valence-electron chi connectivity index (χ3n) is 5.52. The Morgan fingerprint density at radius 2 is 2.10 bits per heavy atom. The summed E-state index contributed by atoms with van der Waals surface area (Å²) < 4.78 is 44.6. The van der Waals surface area contributed by atoms with Gasteiger partial charge in [0.1, 0.15) is 5.75 Å². The minimum atomic E-state index is -4.40. The number of nitrogens with zero attached hydrogens (tertiary/aromatic N) is 4. The van der Waals surface area contributed by atoms with Crippen LogP contribution >= 0.6 is 0 Å². The van der Waals surface area contributed by atoms with Crippen LogP contribution in [0.1, 0.15) is 30.5 Å². The Labute approximate surface area is 171 Å². The molecule has 160 valence electrons. The Hall–Kier alpha value is -2.88. The molecule has 10 heteroatoms. The zero-order chi connectivity index (χ0) is 21.3. The fraction of sp³-hybridized carbons (Fsp3) is 0.450. The number of urea groups is 1. The van der Waals surface area contributed by atoms with Gasteiger partial charge in [-0.25, -0.2) is 4.79 Å². The van der Waals surface area contributed by atoms with Crippen LogP contribution in [0.4, 0.5) is 23.8 Å². The number of hydrogen-bond donors (Lipinski definition) is 1. The number of carbonyl (C=O) groups is 1. The molecular weight excluding hydrogens is 399 g/mol. The maximum absolute atomic E-state index is 13.0. The predicted molar refractivity (Wildman–Crippen MR) is 103 cm³/mol. The summed E-state index contributed by atoms with van der Waals surface area (Å²) in [6, 6.07) is 6.80. The number of nitrogens with one attached hydrogen (secondary N) is 1. The molecule has 1 saturated heterocycles. The van der Waals surface area contributed by atoms with E-state index in [1.807, 2.05) is 6.92 Å². The summed E-state index contributed by atoms with van der Waals surface area (Å²) in [5.41, 5.74) is 0.0546. The lowest BCUT2D eigenvalue weighted by Crippen LogP contribution is -2.55. The first-order valence-electron chi connectivity index (χ1n) is 9.76. The van der Waals surface area contributed by atoms with E-state index < -0.39 is 11.7 Å². The monoisotopic (exact) mass is 421 g/mol. The second-order valence-electron chi connectivity index (χ2n) is 7.48. The molecule has 2 aliphatic heterocycles. The lowest BCUT2D eigenvalue weighted by atomic mass is 9.95. The first-order valence-corrected chi connectivity index (χ1v) is 9.76. The number of rotatable bonds is 2. The highest BCUT2D eigenvalue weighted by molar-refractivity contribution is 5.88. The van der Waals surface area contributed by atoms with Crippen molar-refractivity contribution < 1.29 is 22.7 Å². The molecule has 0 radical (unpaired) electrons. The van der Waals surface area contributed by atoms with E-state index in [9.17, 15) is 18.0 Å². The number of carbonyl (C=O) groups excluding carboxylic acids is 1. The van der Waals surface area contributed by atoms with Crippen LogP contribution in [0.25, 0.3) is 0 Å². The third-order valence-corrected chi connectivity index (χ3v) is 5.52. The highest BCUT2D eigenvalue weighted by Gasteiger charge is 2.37. The van der Waals surface area contributed by atoms with E-state index in [-0.39, 0.29) is 23.9 Å². The van der Waals surface area contributed by atoms with Gasteiger partial charge in [-0.1, -0.05) is 6.07 Å². The van der Waals surface area contributed by atoms with Crippen molar-refractivity contribution in [3.8, 4) is 5.75 Å². The molecule has 2 aromatic rings. The molecule has 1 aromatic carbocycles. The van der Waals surface area contributed by atoms with Crippen molar-refractivity contribution in [3.05, 3.63) is 47.7 Å². The van der Waals surface area contributed by atoms with E-state index in [1.165, 1.54) is 12.3 Å². The van der Waals surface area contributed by atoms with Crippen molar-refractivity contribution in [3.63, 3.8) is 0 Å². The molecule has 7 nitrogen and oxygen atoms in total. The zero-order valence-electron chi connectivity index (χ0n) is 16.4. The van der Waals surface area contributed by atoms with Crippen molar-refractivity contribution in [1.82, 2.24) is 20.0 Å². The van der Waals surface area contributed by atoms with Gasteiger partial charge in [-0.05, 0) is 31.2 Å². The molecule has 30 heavy (non-hydrogen) atoms. The second-order valence-corrected chi connectivity index (χ2v) is 7.48. The van der Waals surface area contributed by atoms with Crippen LogP contribution in [0.3, 0.4) is 0 Å². The highest BCUT2D eigenvalue weighted by Crippen LogP contribution is 2.41. The summed E-state index contributed by atoms with van der Waals surface area (Å²) in [6.45, 7) is 3.99. The van der Waals surface area contributed by atoms with Gasteiger partial charge in [-0.15, -0.1) is 5.10 Å². The molecule has 0 spiro atoms. The van der Waals surface area contributed by atoms with Crippen LogP contribution in [-0.4, -0.2) is 58.3 Å². The maximum Gasteiger partial charge on any atom is 0.416 e. The van der Waals surface area contributed by atoms with E-state index in [1.54, 1.807) is 17.0 Å². The van der Waals surface area contributed by atoms with Gasteiger partial charge < -0.3 is 9.64 Å². The number of ether oxygens (including phenoxy) is 1. The minimum absolute atomic E-state index is 0.0320. The second kappa shape index (κ2) is 8.10. The van der Waals surface area contributed by atoms with E-state index in [4.69, 9.17) is 4.74 Å². The van der Waals surface area contributed by atoms with Gasteiger partial charge in [0, 0.05) is 49.9 Å². The average Bonchev–Trinajstić information content (AvgIpc) is 2.73. The van der Waals surface area contributed by atoms with Crippen molar-refractivity contribution in [2.75, 3.05) is 31.6 Å². The van der Waals surface area contributed by atoms with Gasteiger partial charge >= 0.3 is 12.2 Å². The molecule has 2 amide bonds. The molecule has 2 atom stereocenters. The van der Waals surface area contributed by atoms with E-state index in [0.717, 1.165) is 17.7 Å². The first kappa shape index (κ1) is 20.4. The van der Waals surface area contributed by atoms with Crippen molar-refractivity contribution in [2.45, 2.75) is 31.6 Å². The Bertz CT molecular complexity index is 909. The van der Waals surface area contributed by atoms with Gasteiger partial charge in [0.05, 0.1) is 12.2 Å². The molecule has 0 saturated carbocycles. The normalized spacial score (nSPS) is 22.2. The van der Waals surface area contributed by atoms with Gasteiger partial charge in [-0.3, -0.25) is 10.2 Å². The fourth-order valence-corrected chi connectivity index (χ4v) is 4.07. The van der Waals surface area contributed by atoms with Crippen LogP contribution in [0, 0.1) is 0 Å². The number of amides is 2. The smallest absolute Gasteiger partial charge is 0.416 e. The summed E-state index contributed by atoms with van der Waals surface area (Å²) in [5.74, 6) is 0.674. The van der Waals surface area contributed by atoms with Gasteiger partial charge in [0.2, 0.25) is 0 Å². The lowest BCUT2D eigenvalue weighted by molar-refractivity contribution is -0.137. The Morgan fingerprint density at radius 1 is 1.27 bits per heavy atom. The average molecular weight is 421 g/mol. The Kier molecular flexibility index (Phi) is 5.50. The van der Waals surface area contributed by atoms with Crippen LogP contribution < -0.4 is 10.1 Å². The molecule has 0 bridgehead atoms. The topological polar surface area (TPSA) is 70.6 Å². The molecule has 1 aromatic heterocycles. The fourth-order valence-electron chi connectivity index (χ4n) is 4.07. The zero-order valence-corrected chi connectivity index (χ0v) is 16.4. The van der Waals surface area contributed by atoms with E-state index in [0.29, 0.717) is 38.5 Å². The minimum Gasteiger partial charge on any atom is -0.493 e. The lowest BCUT2D eigenvalue weighted by Gasteiger charge is -2.45. The predicted octanol–water partition coefficient (Wildman–Crippen LogP) is 3.56. The van der Waals surface area contributed by atoms with Gasteiger partial charge in [-0.2, -0.15) is 18.3 Å². The molecule has 2 aliphatic rings. The number of aromatic nitrogens is 2. The molecule has 3 heterocycles. The third kappa shape index (κ3) is 4.18. The largest absolute Gasteiger partial charge is 0.493 e. The van der Waals surface area contributed by atoms with Crippen LogP contribution in [0.5, 0.6) is 5.75 Å². The summed E-state index contributed by atoms with van der Waals surface area (Å²) >= 11 is 0. The number of piperazine rings is 1. The van der Waals surface area contributed by atoms with Gasteiger partial charge in [0.15, 0.2) is 5.82 Å². The number of alkyl halides is 3. The number of anilines is 1. The summed E-state index contributed by atoms with van der Waals surface area (Å²) in [6.07, 6.45) is -2.19. The maximum atomic E-state index is 13.0. The standard InChI is InChI=1S/C20H22F3N5O2/c1-13-12-27(19(29)25-18-3-2-7-24-26-18)8-9-28(13)16-6-10-30-17-11-14(20(21,22)23)4-5-15(16)17/h2-5,7,11,13,16H,6,8-10,12H2,1H3,(H,25,26,29)/t13-,16?/m1/s1. The highest BCUT2D eigenvalue weighted by atomic mass is 19.4. The summed E-state index contributed by atoms with van der Waals surface area (Å²) in [7, 11) is 0. The molecule has 1 fully saturated rings. The van der Waals surface area contributed by atoms with Crippen LogP contribution in [0.2, 0.25) is 0 Å². The van der Waals surface area contributed by atoms with E-state index >= 15 is 0 Å². The number of fused-ring (bicyclic) bond motifs is 1. The SMILES string of the molecule is C[C@@H]1CN(C(=O)Nc2cccnn2)CCN1C1CCOc2cc(C(F)(F)F)ccc21. The van der Waals surface area contributed by atoms with Crippen molar-refractivity contribution in [2.24, 2.45) is 0 Å². The number of hydrogen-bond acceptors (Lipinski definition) is 5. The van der Waals surface area contributed by atoms with Gasteiger partial charge in [0.25, 0.3) is 0 Å². The Balaban J connectivity index is 1.45. The molecule has 4 rings (SSSR count). The Morgan fingerprint density at radius 3 is 2.80 bits per heavy atom. The van der Waals surface area contributed by atoms with Crippen molar-refractivity contribution in [1.29, 1.82) is 0 Å². The molecular formula is C20H22F3N5O2. The number of benzene rings is 1. The molecule has 1 N–H and O–H groups in total. The number of halogens is 3. The quantitative estimate of drug-likeness (QED) is 0.803. The first-order chi connectivity index (χ1) is 14.3. The van der Waals surface area contributed by atoms with Crippen molar-refractivity contribution >= 4 is 11.8 Å². The molecule has 0 aliphatic carbocycles. The van der Waals surface area contributed by atoms with E-state index in [2.05, 4.69) is 20.4 Å². The summed E-state index contributed by atoms with van der Waals surface area (Å²) in [5, 5.41) is 10.3. The van der Waals surface area contributed by atoms with Crippen LogP contribution in [0.15, 0.2) is 36.5 Å². The summed E-state index contributed by atoms with van der Waals surface area (Å²) in [4.78, 5) is 16.5. The molecule has 1 unspecified atom stereocenters. The van der Waals surface area contributed by atoms with Crippen LogP contribution in [-0.2, 0) is 6.18 Å².